The van der Waals surface area contributed by atoms with Gasteiger partial charge in [0, 0.05) is 22.4 Å². The molecule has 2 rings (SSSR count). The third kappa shape index (κ3) is 3.18. The molecule has 1 aliphatic heterocycles. The highest BCUT2D eigenvalue weighted by molar-refractivity contribution is 9.10. The minimum atomic E-state index is 0.314. The Morgan fingerprint density at radius 3 is 2.63 bits per heavy atom. The molecule has 1 fully saturated rings. The highest BCUT2D eigenvalue weighted by Crippen LogP contribution is 2.43. The lowest BCUT2D eigenvalue weighted by atomic mass is 9.82. The highest BCUT2D eigenvalue weighted by Gasteiger charge is 2.38. The predicted molar refractivity (Wildman–Crippen MR) is 88.0 cm³/mol. The second-order valence-electron chi connectivity index (χ2n) is 5.45. The summed E-state index contributed by atoms with van der Waals surface area (Å²) in [5.41, 5.74) is 6.51. The van der Waals surface area contributed by atoms with Gasteiger partial charge in [-0.1, -0.05) is 25.4 Å². The number of hydrogen-bond acceptors (Lipinski definition) is 3. The van der Waals surface area contributed by atoms with Crippen LogP contribution in [0.5, 0.6) is 0 Å². The molecule has 1 saturated heterocycles. The molecule has 0 spiro atoms. The molecule has 108 valence electrons. The van der Waals surface area contributed by atoms with Crippen molar-refractivity contribution in [3.63, 3.8) is 0 Å². The normalized spacial score (nSPS) is 20.9. The number of nitrogens with two attached hydrogens (primary N) is 1. The van der Waals surface area contributed by atoms with Crippen LogP contribution in [0, 0.1) is 5.41 Å². The molecule has 0 bridgehead atoms. The van der Waals surface area contributed by atoms with E-state index in [2.05, 4.69) is 40.7 Å². The Kier molecular flexibility index (Phi) is 5.34. The maximum atomic E-state index is 6.16. The smallest absolute Gasteiger partial charge is 0.107 e. The quantitative estimate of drug-likeness (QED) is 0.821. The second kappa shape index (κ2) is 6.44. The number of thiophene rings is 1. The zero-order valence-corrected chi connectivity index (χ0v) is 14.7. The van der Waals surface area contributed by atoms with E-state index in [1.165, 1.54) is 24.1 Å². The number of halogens is 2. The minimum Gasteiger partial charge on any atom is -0.329 e. The van der Waals surface area contributed by atoms with Gasteiger partial charge < -0.3 is 5.73 Å². The van der Waals surface area contributed by atoms with Gasteiger partial charge in [0.1, 0.15) is 4.34 Å². The summed E-state index contributed by atoms with van der Waals surface area (Å²) in [5, 5.41) is 0. The van der Waals surface area contributed by atoms with Gasteiger partial charge in [-0.05, 0) is 53.2 Å². The van der Waals surface area contributed by atoms with Gasteiger partial charge in [-0.15, -0.1) is 11.3 Å². The van der Waals surface area contributed by atoms with Crippen LogP contribution in [0.4, 0.5) is 0 Å². The summed E-state index contributed by atoms with van der Waals surface area (Å²) in [4.78, 5) is 3.82. The summed E-state index contributed by atoms with van der Waals surface area (Å²) in [6, 6.07) is 2.44. The molecule has 1 unspecified atom stereocenters. The van der Waals surface area contributed by atoms with E-state index in [1.54, 1.807) is 11.3 Å². The van der Waals surface area contributed by atoms with E-state index in [-0.39, 0.29) is 0 Å². The van der Waals surface area contributed by atoms with Gasteiger partial charge in [-0.2, -0.15) is 0 Å². The molecular formula is C14H22BrClN2S. The third-order valence-electron chi connectivity index (χ3n) is 4.62. The summed E-state index contributed by atoms with van der Waals surface area (Å²) in [5.74, 6) is 0. The SMILES string of the molecule is CCC1(CC)CCN(C(CN)c2cc(Br)c(Cl)s2)C1. The molecule has 0 aliphatic carbocycles. The van der Waals surface area contributed by atoms with E-state index in [0.29, 0.717) is 18.0 Å². The van der Waals surface area contributed by atoms with E-state index in [9.17, 15) is 0 Å². The van der Waals surface area contributed by atoms with Gasteiger partial charge in [0.2, 0.25) is 0 Å². The largest absolute Gasteiger partial charge is 0.329 e. The molecule has 1 aromatic rings. The monoisotopic (exact) mass is 364 g/mol. The van der Waals surface area contributed by atoms with Crippen LogP contribution < -0.4 is 5.73 Å². The molecule has 0 aromatic carbocycles. The van der Waals surface area contributed by atoms with E-state index in [1.807, 2.05) is 0 Å². The fourth-order valence-corrected chi connectivity index (χ4v) is 4.92. The zero-order chi connectivity index (χ0) is 14.0. The summed E-state index contributed by atoms with van der Waals surface area (Å²) < 4.78 is 1.81. The molecule has 0 radical (unpaired) electrons. The standard InChI is InChI=1S/C14H22BrClN2S/c1-3-14(4-2)5-6-18(9-14)11(8-17)12-7-10(15)13(16)19-12/h7,11H,3-6,8-9,17H2,1-2H3. The average molecular weight is 366 g/mol. The topological polar surface area (TPSA) is 29.3 Å². The van der Waals surface area contributed by atoms with Crippen LogP contribution in [-0.4, -0.2) is 24.5 Å². The Morgan fingerprint density at radius 2 is 2.21 bits per heavy atom. The molecule has 5 heteroatoms. The van der Waals surface area contributed by atoms with Gasteiger partial charge in [0.05, 0.1) is 6.04 Å². The lowest BCUT2D eigenvalue weighted by Gasteiger charge is -2.30. The molecule has 2 nitrogen and oxygen atoms in total. The number of rotatable bonds is 5. The Labute approximate surface area is 133 Å². The van der Waals surface area contributed by atoms with Crippen molar-refractivity contribution >= 4 is 38.9 Å². The fourth-order valence-electron chi connectivity index (χ4n) is 3.04. The van der Waals surface area contributed by atoms with Gasteiger partial charge in [0.15, 0.2) is 0 Å². The average Bonchev–Trinajstić information content (AvgIpc) is 2.97. The molecule has 2 heterocycles. The highest BCUT2D eigenvalue weighted by atomic mass is 79.9. The summed E-state index contributed by atoms with van der Waals surface area (Å²) in [6.07, 6.45) is 3.80. The third-order valence-corrected chi connectivity index (χ3v) is 7.20. The van der Waals surface area contributed by atoms with Crippen molar-refractivity contribution in [3.05, 3.63) is 19.8 Å². The summed E-state index contributed by atoms with van der Waals surface area (Å²) >= 11 is 11.3. The van der Waals surface area contributed by atoms with Crippen LogP contribution in [0.1, 0.15) is 44.0 Å². The second-order valence-corrected chi connectivity index (χ2v) is 7.99. The lowest BCUT2D eigenvalue weighted by Crippen LogP contribution is -2.33. The Morgan fingerprint density at radius 1 is 1.53 bits per heavy atom. The molecule has 1 aliphatic rings. The van der Waals surface area contributed by atoms with Crippen molar-refractivity contribution in [3.8, 4) is 0 Å². The number of likely N-dealkylation sites (tertiary alicyclic amines) is 1. The van der Waals surface area contributed by atoms with Crippen LogP contribution in [0.25, 0.3) is 0 Å². The number of nitrogens with zero attached hydrogens (tertiary/aromatic N) is 1. The lowest BCUT2D eigenvalue weighted by molar-refractivity contribution is 0.199. The Hall–Kier alpha value is 0.390. The number of hydrogen-bond donors (Lipinski definition) is 1. The van der Waals surface area contributed by atoms with Crippen molar-refractivity contribution in [2.45, 2.75) is 39.2 Å². The predicted octanol–water partition coefficient (Wildman–Crippen LogP) is 4.68. The summed E-state index contributed by atoms with van der Waals surface area (Å²) in [7, 11) is 0. The molecule has 19 heavy (non-hydrogen) atoms. The Bertz CT molecular complexity index is 412. The van der Waals surface area contributed by atoms with Crippen LogP contribution >= 0.6 is 38.9 Å². The first-order chi connectivity index (χ1) is 9.05. The molecule has 1 atom stereocenters. The fraction of sp³-hybridized carbons (Fsp3) is 0.714. The van der Waals surface area contributed by atoms with E-state index in [4.69, 9.17) is 17.3 Å². The minimum absolute atomic E-state index is 0.314. The van der Waals surface area contributed by atoms with Crippen molar-refractivity contribution in [1.82, 2.24) is 4.90 Å². The molecule has 2 N–H and O–H groups in total. The van der Waals surface area contributed by atoms with Gasteiger partial charge in [-0.25, -0.2) is 0 Å². The first-order valence-corrected chi connectivity index (χ1v) is 8.93. The first-order valence-electron chi connectivity index (χ1n) is 6.94. The van der Waals surface area contributed by atoms with Crippen LogP contribution in [0.15, 0.2) is 10.5 Å². The van der Waals surface area contributed by atoms with Crippen LogP contribution in [0.2, 0.25) is 4.34 Å². The van der Waals surface area contributed by atoms with Crippen LogP contribution in [0.3, 0.4) is 0 Å². The van der Waals surface area contributed by atoms with E-state index in [0.717, 1.165) is 21.9 Å². The van der Waals surface area contributed by atoms with Gasteiger partial charge in [0.25, 0.3) is 0 Å². The van der Waals surface area contributed by atoms with Gasteiger partial charge >= 0.3 is 0 Å². The maximum Gasteiger partial charge on any atom is 0.107 e. The molecule has 0 saturated carbocycles. The first kappa shape index (κ1) is 15.8. The Balaban J connectivity index is 2.15. The maximum absolute atomic E-state index is 6.16. The van der Waals surface area contributed by atoms with Crippen molar-refractivity contribution < 1.29 is 0 Å². The molecular weight excluding hydrogens is 344 g/mol. The van der Waals surface area contributed by atoms with Crippen molar-refractivity contribution in [2.24, 2.45) is 11.1 Å². The van der Waals surface area contributed by atoms with Crippen molar-refractivity contribution in [1.29, 1.82) is 0 Å². The van der Waals surface area contributed by atoms with Crippen molar-refractivity contribution in [2.75, 3.05) is 19.6 Å². The van der Waals surface area contributed by atoms with E-state index < -0.39 is 0 Å². The molecule has 1 aromatic heterocycles. The molecule has 0 amide bonds. The summed E-state index contributed by atoms with van der Waals surface area (Å²) in [6.45, 7) is 7.59. The van der Waals surface area contributed by atoms with Gasteiger partial charge in [-0.3, -0.25) is 4.90 Å². The van der Waals surface area contributed by atoms with E-state index >= 15 is 0 Å². The van der Waals surface area contributed by atoms with Crippen LogP contribution in [-0.2, 0) is 0 Å². The zero-order valence-electron chi connectivity index (χ0n) is 11.6.